The summed E-state index contributed by atoms with van der Waals surface area (Å²) in [4.78, 5) is 7.15. The lowest BCUT2D eigenvalue weighted by atomic mass is 10.0. The Kier molecular flexibility index (Phi) is 12.3. The minimum Gasteiger partial charge on any atom is -0.490 e. The Morgan fingerprint density at radius 2 is 1.90 bits per heavy atom. The van der Waals surface area contributed by atoms with Crippen molar-refractivity contribution in [3.05, 3.63) is 23.8 Å². The van der Waals surface area contributed by atoms with E-state index in [1.54, 1.807) is 19.1 Å². The van der Waals surface area contributed by atoms with E-state index >= 15 is 0 Å². The van der Waals surface area contributed by atoms with Gasteiger partial charge in [0.2, 0.25) is 0 Å². The van der Waals surface area contributed by atoms with Gasteiger partial charge in [-0.3, -0.25) is 0 Å². The molecule has 0 aromatic heterocycles. The average Bonchev–Trinajstić information content (AvgIpc) is 2.68. The molecule has 1 aliphatic heterocycles. The van der Waals surface area contributed by atoms with E-state index in [2.05, 4.69) is 39.1 Å². The maximum Gasteiger partial charge on any atom is 0.387 e. The highest BCUT2D eigenvalue weighted by Crippen LogP contribution is 2.30. The second-order valence-corrected chi connectivity index (χ2v) is 7.34. The van der Waals surface area contributed by atoms with Crippen molar-refractivity contribution in [1.29, 1.82) is 0 Å². The number of ether oxygens (including phenoxy) is 2. The summed E-state index contributed by atoms with van der Waals surface area (Å²) in [5.41, 5.74) is 0.863. The molecule has 0 unspecified atom stereocenters. The maximum atomic E-state index is 12.6. The molecule has 172 valence electrons. The lowest BCUT2D eigenvalue weighted by Gasteiger charge is -2.35. The molecule has 0 atom stereocenters. The fourth-order valence-corrected chi connectivity index (χ4v) is 3.36. The number of hydrogen-bond donors (Lipinski definition) is 2. The van der Waals surface area contributed by atoms with Crippen molar-refractivity contribution < 1.29 is 18.3 Å². The molecule has 30 heavy (non-hydrogen) atoms. The lowest BCUT2D eigenvalue weighted by Crippen LogP contribution is -2.49. The first-order valence-corrected chi connectivity index (χ1v) is 10.4. The Morgan fingerprint density at radius 1 is 1.20 bits per heavy atom. The Balaban J connectivity index is 0.00000450. The predicted octanol–water partition coefficient (Wildman–Crippen LogP) is 4.23. The van der Waals surface area contributed by atoms with Crippen molar-refractivity contribution >= 4 is 29.9 Å². The second kappa shape index (κ2) is 13.8. The Hall–Kier alpha value is -1.36. The van der Waals surface area contributed by atoms with Crippen molar-refractivity contribution in [1.82, 2.24) is 15.5 Å². The number of nitrogens with zero attached hydrogens (tertiary/aromatic N) is 2. The molecule has 0 amide bonds. The molecular weight excluding hydrogens is 505 g/mol. The first kappa shape index (κ1) is 26.7. The topological polar surface area (TPSA) is 58.1 Å². The minimum atomic E-state index is -2.88. The summed E-state index contributed by atoms with van der Waals surface area (Å²) in [5.74, 6) is 1.11. The molecule has 0 aliphatic carbocycles. The number of guanidine groups is 1. The molecule has 0 saturated carbocycles. The zero-order chi connectivity index (χ0) is 21.2. The van der Waals surface area contributed by atoms with E-state index in [1.807, 2.05) is 6.92 Å². The van der Waals surface area contributed by atoms with Gasteiger partial charge in [0.05, 0.1) is 13.2 Å². The van der Waals surface area contributed by atoms with Crippen LogP contribution in [0, 0.1) is 0 Å². The van der Waals surface area contributed by atoms with Gasteiger partial charge in [-0.2, -0.15) is 8.78 Å². The van der Waals surface area contributed by atoms with E-state index in [0.717, 1.165) is 44.0 Å². The van der Waals surface area contributed by atoms with Crippen LogP contribution in [0.3, 0.4) is 0 Å². The third kappa shape index (κ3) is 8.79. The number of likely N-dealkylation sites (tertiary alicyclic amines) is 1. The van der Waals surface area contributed by atoms with Crippen molar-refractivity contribution in [3.63, 3.8) is 0 Å². The summed E-state index contributed by atoms with van der Waals surface area (Å²) in [6.45, 7) is 9.11. The van der Waals surface area contributed by atoms with E-state index in [9.17, 15) is 8.78 Å². The molecule has 1 heterocycles. The molecule has 0 spiro atoms. The summed E-state index contributed by atoms with van der Waals surface area (Å²) < 4.78 is 35.1. The largest absolute Gasteiger partial charge is 0.490 e. The van der Waals surface area contributed by atoms with Gasteiger partial charge in [-0.25, -0.2) is 4.99 Å². The Labute approximate surface area is 195 Å². The van der Waals surface area contributed by atoms with E-state index < -0.39 is 6.61 Å². The van der Waals surface area contributed by atoms with Crippen molar-refractivity contribution in [2.24, 2.45) is 4.99 Å². The van der Waals surface area contributed by atoms with Gasteiger partial charge in [-0.1, -0.05) is 6.07 Å². The predicted molar refractivity (Wildman–Crippen MR) is 127 cm³/mol. The molecule has 2 rings (SSSR count). The molecular formula is C21H35F2IN4O2. The third-order valence-electron chi connectivity index (χ3n) is 4.89. The summed E-state index contributed by atoms with van der Waals surface area (Å²) in [5, 5.41) is 6.80. The quantitative estimate of drug-likeness (QED) is 0.279. The third-order valence-corrected chi connectivity index (χ3v) is 4.89. The van der Waals surface area contributed by atoms with Crippen LogP contribution in [-0.2, 0) is 6.54 Å². The van der Waals surface area contributed by atoms with Gasteiger partial charge in [0.1, 0.15) is 0 Å². The molecule has 0 bridgehead atoms. The van der Waals surface area contributed by atoms with Crippen LogP contribution in [0.15, 0.2) is 23.2 Å². The van der Waals surface area contributed by atoms with Gasteiger partial charge in [-0.05, 0) is 58.2 Å². The molecule has 6 nitrogen and oxygen atoms in total. The van der Waals surface area contributed by atoms with E-state index in [0.29, 0.717) is 31.0 Å². The molecule has 9 heteroatoms. The maximum absolute atomic E-state index is 12.6. The zero-order valence-electron chi connectivity index (χ0n) is 18.3. The van der Waals surface area contributed by atoms with Crippen molar-refractivity contribution in [2.45, 2.75) is 65.8 Å². The van der Waals surface area contributed by atoms with Gasteiger partial charge >= 0.3 is 6.61 Å². The molecule has 1 saturated heterocycles. The highest BCUT2D eigenvalue weighted by molar-refractivity contribution is 14.0. The van der Waals surface area contributed by atoms with Crippen LogP contribution in [0.1, 0.15) is 46.1 Å². The smallest absolute Gasteiger partial charge is 0.387 e. The highest BCUT2D eigenvalue weighted by Gasteiger charge is 2.21. The molecule has 2 N–H and O–H groups in total. The number of piperidine rings is 1. The first-order chi connectivity index (χ1) is 13.9. The van der Waals surface area contributed by atoms with E-state index in [4.69, 9.17) is 4.74 Å². The van der Waals surface area contributed by atoms with E-state index in [1.165, 1.54) is 6.07 Å². The fourth-order valence-electron chi connectivity index (χ4n) is 3.36. The fraction of sp³-hybridized carbons (Fsp3) is 0.667. The van der Waals surface area contributed by atoms with Gasteiger partial charge in [0.15, 0.2) is 17.5 Å². The van der Waals surface area contributed by atoms with Crippen LogP contribution in [0.25, 0.3) is 0 Å². The second-order valence-electron chi connectivity index (χ2n) is 7.34. The number of hydrogen-bond acceptors (Lipinski definition) is 4. The summed E-state index contributed by atoms with van der Waals surface area (Å²) >= 11 is 0. The molecule has 1 aromatic carbocycles. The van der Waals surface area contributed by atoms with Crippen LogP contribution < -0.4 is 20.1 Å². The molecule has 1 fully saturated rings. The van der Waals surface area contributed by atoms with Crippen molar-refractivity contribution in [2.75, 3.05) is 26.2 Å². The highest BCUT2D eigenvalue weighted by atomic mass is 127. The van der Waals surface area contributed by atoms with Gasteiger partial charge in [0, 0.05) is 31.7 Å². The number of alkyl halides is 2. The standard InChI is InChI=1S/C21H34F2N4O2.HI/c1-5-24-21(26-17-9-11-27(12-10-17)15(3)4)25-14-16-7-8-18(29-20(22)23)19(13-16)28-6-2;/h7-8,13,15,17,20H,5-6,9-12,14H2,1-4H3,(H2,24,25,26);1H. The Bertz CT molecular complexity index is 654. The van der Waals surface area contributed by atoms with Gasteiger partial charge in [-0.15, -0.1) is 24.0 Å². The Morgan fingerprint density at radius 3 is 2.47 bits per heavy atom. The van der Waals surface area contributed by atoms with Gasteiger partial charge in [0.25, 0.3) is 0 Å². The summed E-state index contributed by atoms with van der Waals surface area (Å²) in [6, 6.07) is 5.91. The van der Waals surface area contributed by atoms with E-state index in [-0.39, 0.29) is 29.7 Å². The summed E-state index contributed by atoms with van der Waals surface area (Å²) in [6.07, 6.45) is 2.16. The number of benzene rings is 1. The van der Waals surface area contributed by atoms with Crippen LogP contribution in [0.2, 0.25) is 0 Å². The number of rotatable bonds is 9. The van der Waals surface area contributed by atoms with Crippen LogP contribution in [0.4, 0.5) is 8.78 Å². The normalized spacial score (nSPS) is 15.8. The zero-order valence-corrected chi connectivity index (χ0v) is 20.6. The number of nitrogens with one attached hydrogen (secondary N) is 2. The van der Waals surface area contributed by atoms with Crippen molar-refractivity contribution in [3.8, 4) is 11.5 Å². The molecule has 1 aromatic rings. The molecule has 1 aliphatic rings. The first-order valence-electron chi connectivity index (χ1n) is 10.4. The SMILES string of the molecule is CCNC(=NCc1ccc(OC(F)F)c(OCC)c1)NC1CCN(C(C)C)CC1.I. The van der Waals surface area contributed by atoms with Crippen LogP contribution >= 0.6 is 24.0 Å². The molecule has 0 radical (unpaired) electrons. The summed E-state index contributed by atoms with van der Waals surface area (Å²) in [7, 11) is 0. The minimum absolute atomic E-state index is 0. The number of halogens is 3. The van der Waals surface area contributed by atoms with Crippen LogP contribution in [-0.4, -0.2) is 55.8 Å². The lowest BCUT2D eigenvalue weighted by molar-refractivity contribution is -0.0514. The van der Waals surface area contributed by atoms with Crippen LogP contribution in [0.5, 0.6) is 11.5 Å². The number of aliphatic imine (C=N–C) groups is 1. The monoisotopic (exact) mass is 540 g/mol. The van der Waals surface area contributed by atoms with Gasteiger partial charge < -0.3 is 25.0 Å². The average molecular weight is 540 g/mol.